The van der Waals surface area contributed by atoms with Crippen LogP contribution in [0.2, 0.25) is 0 Å². The zero-order chi connectivity index (χ0) is 13.2. The van der Waals surface area contributed by atoms with E-state index in [4.69, 9.17) is 0 Å². The minimum absolute atomic E-state index is 0.112. The predicted octanol–water partition coefficient (Wildman–Crippen LogP) is 4.49. The number of carbonyl (C=O) groups is 1. The molecule has 1 aliphatic heterocycles. The molecular formula is C16H15NOS. The third-order valence-electron chi connectivity index (χ3n) is 3.38. The first kappa shape index (κ1) is 12.3. The Hall–Kier alpha value is -1.74. The SMILES string of the molecule is CC1SC(=O)N(c2ccccc2)C1c1ccccc1. The summed E-state index contributed by atoms with van der Waals surface area (Å²) in [4.78, 5) is 14.2. The highest BCUT2D eigenvalue weighted by Crippen LogP contribution is 2.43. The molecule has 96 valence electrons. The fourth-order valence-electron chi connectivity index (χ4n) is 2.53. The zero-order valence-corrected chi connectivity index (χ0v) is 11.5. The van der Waals surface area contributed by atoms with E-state index >= 15 is 0 Å². The van der Waals surface area contributed by atoms with Crippen LogP contribution in [0.3, 0.4) is 0 Å². The second-order valence-corrected chi connectivity index (χ2v) is 5.98. The number of thioether (sulfide) groups is 1. The Labute approximate surface area is 117 Å². The van der Waals surface area contributed by atoms with E-state index in [2.05, 4.69) is 19.1 Å². The molecule has 1 fully saturated rings. The Kier molecular flexibility index (Phi) is 3.30. The Morgan fingerprint density at radius 1 is 0.947 bits per heavy atom. The number of carbonyl (C=O) groups excluding carboxylic acids is 1. The van der Waals surface area contributed by atoms with Crippen molar-refractivity contribution < 1.29 is 4.79 Å². The van der Waals surface area contributed by atoms with Crippen LogP contribution in [0.25, 0.3) is 0 Å². The minimum Gasteiger partial charge on any atom is -0.295 e. The van der Waals surface area contributed by atoms with Gasteiger partial charge in [-0.1, -0.05) is 67.2 Å². The van der Waals surface area contributed by atoms with Gasteiger partial charge in [0, 0.05) is 10.9 Å². The van der Waals surface area contributed by atoms with Gasteiger partial charge in [-0.15, -0.1) is 0 Å². The van der Waals surface area contributed by atoms with E-state index in [1.54, 1.807) is 0 Å². The lowest BCUT2D eigenvalue weighted by molar-refractivity contribution is 0.265. The molecule has 2 atom stereocenters. The van der Waals surface area contributed by atoms with E-state index in [1.807, 2.05) is 53.4 Å². The summed E-state index contributed by atoms with van der Waals surface area (Å²) in [5.41, 5.74) is 2.16. The molecule has 0 aliphatic carbocycles. The van der Waals surface area contributed by atoms with Gasteiger partial charge < -0.3 is 0 Å². The lowest BCUT2D eigenvalue weighted by Gasteiger charge is -2.26. The van der Waals surface area contributed by atoms with Gasteiger partial charge in [0.15, 0.2) is 0 Å². The van der Waals surface area contributed by atoms with Gasteiger partial charge in [0.1, 0.15) is 0 Å². The topological polar surface area (TPSA) is 20.3 Å². The summed E-state index contributed by atoms with van der Waals surface area (Å²) in [5.74, 6) is 0. The van der Waals surface area contributed by atoms with E-state index in [-0.39, 0.29) is 16.5 Å². The van der Waals surface area contributed by atoms with E-state index in [0.717, 1.165) is 5.69 Å². The van der Waals surface area contributed by atoms with Gasteiger partial charge in [-0.2, -0.15) is 0 Å². The molecule has 19 heavy (non-hydrogen) atoms. The van der Waals surface area contributed by atoms with E-state index in [1.165, 1.54) is 17.3 Å². The smallest absolute Gasteiger partial charge is 0.287 e. The van der Waals surface area contributed by atoms with Crippen molar-refractivity contribution in [2.45, 2.75) is 18.2 Å². The molecule has 0 bridgehead atoms. The molecule has 1 heterocycles. The maximum atomic E-state index is 12.3. The fourth-order valence-corrected chi connectivity index (χ4v) is 3.59. The molecule has 0 aromatic heterocycles. The molecule has 3 heteroatoms. The fraction of sp³-hybridized carbons (Fsp3) is 0.188. The summed E-state index contributed by atoms with van der Waals surface area (Å²) in [5, 5.41) is 0.391. The third kappa shape index (κ3) is 2.26. The number of nitrogens with zero attached hydrogens (tertiary/aromatic N) is 1. The molecule has 2 nitrogen and oxygen atoms in total. The van der Waals surface area contributed by atoms with E-state index < -0.39 is 0 Å². The number of hydrogen-bond donors (Lipinski definition) is 0. The van der Waals surface area contributed by atoms with Crippen molar-refractivity contribution in [1.82, 2.24) is 0 Å². The largest absolute Gasteiger partial charge is 0.295 e. The van der Waals surface area contributed by atoms with Crippen LogP contribution >= 0.6 is 11.8 Å². The standard InChI is InChI=1S/C16H15NOS/c1-12-15(13-8-4-2-5-9-13)17(16(18)19-12)14-10-6-3-7-11-14/h2-12,15H,1H3. The van der Waals surface area contributed by atoms with Crippen LogP contribution in [0.1, 0.15) is 18.5 Å². The summed E-state index contributed by atoms with van der Waals surface area (Å²) in [6.07, 6.45) is 0. The Morgan fingerprint density at radius 2 is 1.53 bits per heavy atom. The molecule has 0 spiro atoms. The van der Waals surface area contributed by atoms with Crippen LogP contribution in [0.15, 0.2) is 60.7 Å². The Morgan fingerprint density at radius 3 is 2.16 bits per heavy atom. The maximum absolute atomic E-state index is 12.3. The summed E-state index contributed by atoms with van der Waals surface area (Å²) < 4.78 is 0. The second-order valence-electron chi connectivity index (χ2n) is 4.65. The number of rotatable bonds is 2. The van der Waals surface area contributed by atoms with Crippen molar-refractivity contribution in [2.24, 2.45) is 0 Å². The van der Waals surface area contributed by atoms with E-state index in [9.17, 15) is 4.79 Å². The van der Waals surface area contributed by atoms with Crippen LogP contribution in [0.4, 0.5) is 10.5 Å². The van der Waals surface area contributed by atoms with Crippen LogP contribution < -0.4 is 4.90 Å². The van der Waals surface area contributed by atoms with Gasteiger partial charge in [0.25, 0.3) is 5.24 Å². The van der Waals surface area contributed by atoms with Crippen molar-refractivity contribution in [3.05, 3.63) is 66.2 Å². The first-order valence-electron chi connectivity index (χ1n) is 6.37. The monoisotopic (exact) mass is 269 g/mol. The summed E-state index contributed by atoms with van der Waals surface area (Å²) in [7, 11) is 0. The molecular weight excluding hydrogens is 254 g/mol. The lowest BCUT2D eigenvalue weighted by Crippen LogP contribution is -2.28. The van der Waals surface area contributed by atoms with Crippen LogP contribution in [-0.4, -0.2) is 10.5 Å². The van der Waals surface area contributed by atoms with Gasteiger partial charge in [-0.25, -0.2) is 0 Å². The molecule has 0 radical (unpaired) electrons. The van der Waals surface area contributed by atoms with Crippen LogP contribution in [0.5, 0.6) is 0 Å². The summed E-state index contributed by atoms with van der Waals surface area (Å²) >= 11 is 1.41. The highest BCUT2D eigenvalue weighted by Gasteiger charge is 2.39. The number of hydrogen-bond acceptors (Lipinski definition) is 2. The average Bonchev–Trinajstić information content (AvgIpc) is 2.75. The van der Waals surface area contributed by atoms with Crippen LogP contribution in [0, 0.1) is 0 Å². The quantitative estimate of drug-likeness (QED) is 0.800. The predicted molar refractivity (Wildman–Crippen MR) is 80.6 cm³/mol. The van der Waals surface area contributed by atoms with Gasteiger partial charge in [-0.05, 0) is 17.7 Å². The molecule has 2 aromatic rings. The highest BCUT2D eigenvalue weighted by atomic mass is 32.2. The van der Waals surface area contributed by atoms with Crippen molar-refractivity contribution >= 4 is 22.7 Å². The molecule has 3 rings (SSSR count). The number of anilines is 1. The maximum Gasteiger partial charge on any atom is 0.287 e. The Bertz CT molecular complexity index is 570. The lowest BCUT2D eigenvalue weighted by atomic mass is 10.0. The third-order valence-corrected chi connectivity index (χ3v) is 4.41. The molecule has 2 aromatic carbocycles. The Balaban J connectivity index is 2.03. The molecule has 1 amide bonds. The number of amides is 1. The van der Waals surface area contributed by atoms with E-state index in [0.29, 0.717) is 0 Å². The van der Waals surface area contributed by atoms with Crippen LogP contribution in [-0.2, 0) is 0 Å². The van der Waals surface area contributed by atoms with Gasteiger partial charge in [0.2, 0.25) is 0 Å². The molecule has 0 N–H and O–H groups in total. The first-order valence-corrected chi connectivity index (χ1v) is 7.25. The number of benzene rings is 2. The highest BCUT2D eigenvalue weighted by molar-refractivity contribution is 8.14. The zero-order valence-electron chi connectivity index (χ0n) is 10.7. The molecule has 0 saturated carbocycles. The van der Waals surface area contributed by atoms with Gasteiger partial charge >= 0.3 is 0 Å². The first-order chi connectivity index (χ1) is 9.27. The normalized spacial score (nSPS) is 22.8. The van der Waals surface area contributed by atoms with Gasteiger partial charge in [0.05, 0.1) is 6.04 Å². The van der Waals surface area contributed by atoms with Crippen molar-refractivity contribution in [1.29, 1.82) is 0 Å². The summed E-state index contributed by atoms with van der Waals surface area (Å²) in [6, 6.07) is 20.3. The van der Waals surface area contributed by atoms with Crippen molar-refractivity contribution in [2.75, 3.05) is 4.90 Å². The minimum atomic E-state index is 0.112. The second kappa shape index (κ2) is 5.10. The molecule has 1 saturated heterocycles. The van der Waals surface area contributed by atoms with Gasteiger partial charge in [-0.3, -0.25) is 9.69 Å². The molecule has 2 unspecified atom stereocenters. The van der Waals surface area contributed by atoms with Crippen molar-refractivity contribution in [3.8, 4) is 0 Å². The number of para-hydroxylation sites is 1. The average molecular weight is 269 g/mol. The van der Waals surface area contributed by atoms with Crippen molar-refractivity contribution in [3.63, 3.8) is 0 Å². The molecule has 1 aliphatic rings. The summed E-state index contributed by atoms with van der Waals surface area (Å²) in [6.45, 7) is 2.11.